The highest BCUT2D eigenvalue weighted by Gasteiger charge is 2.39. The Balaban J connectivity index is 1.91. The van der Waals surface area contributed by atoms with Crippen LogP contribution in [0.5, 0.6) is 0 Å². The topological polar surface area (TPSA) is 20.2 Å². The van der Waals surface area contributed by atoms with Crippen LogP contribution in [0.2, 0.25) is 0 Å². The third-order valence-electron chi connectivity index (χ3n) is 4.31. The molecule has 0 amide bonds. The molecule has 1 aliphatic rings. The number of hydrogen-bond acceptors (Lipinski definition) is 2. The highest BCUT2D eigenvalue weighted by Crippen LogP contribution is 2.48. The molecule has 0 heterocycles. The maximum atomic E-state index is 11.2. The summed E-state index contributed by atoms with van der Waals surface area (Å²) in [5.41, 5.74) is 0.649. The van der Waals surface area contributed by atoms with Crippen molar-refractivity contribution in [2.24, 2.45) is 0 Å². The van der Waals surface area contributed by atoms with Crippen LogP contribution in [0.25, 0.3) is 0 Å². The molecule has 0 spiro atoms. The number of aliphatic hydroxyl groups is 1. The molecule has 1 atom stereocenters. The molecule has 21 heavy (non-hydrogen) atoms. The van der Waals surface area contributed by atoms with E-state index in [0.29, 0.717) is 0 Å². The van der Waals surface area contributed by atoms with Gasteiger partial charge in [0.1, 0.15) is 0 Å². The van der Waals surface area contributed by atoms with Crippen LogP contribution < -0.4 is 0 Å². The Morgan fingerprint density at radius 3 is 2.00 bits per heavy atom. The van der Waals surface area contributed by atoms with Crippen molar-refractivity contribution in [2.45, 2.75) is 47.9 Å². The van der Waals surface area contributed by atoms with Crippen molar-refractivity contribution in [3.05, 3.63) is 66.2 Å². The molecule has 1 saturated carbocycles. The van der Waals surface area contributed by atoms with Crippen molar-refractivity contribution >= 4 is 11.8 Å². The van der Waals surface area contributed by atoms with Crippen LogP contribution in [0.4, 0.5) is 0 Å². The van der Waals surface area contributed by atoms with Crippen molar-refractivity contribution in [1.82, 2.24) is 0 Å². The summed E-state index contributed by atoms with van der Waals surface area (Å²) in [5.74, 6) is 0. The number of benzene rings is 2. The fraction of sp³-hybridized carbons (Fsp3) is 0.368. The van der Waals surface area contributed by atoms with Gasteiger partial charge in [-0.2, -0.15) is 0 Å². The fourth-order valence-corrected chi connectivity index (χ4v) is 4.51. The molecule has 1 N–H and O–H groups in total. The first-order valence-electron chi connectivity index (χ1n) is 7.77. The van der Waals surface area contributed by atoms with Gasteiger partial charge in [0.15, 0.2) is 0 Å². The lowest BCUT2D eigenvalue weighted by molar-refractivity contribution is 0.00162. The largest absolute Gasteiger partial charge is 0.388 e. The van der Waals surface area contributed by atoms with Gasteiger partial charge in [-0.15, -0.1) is 11.8 Å². The molecular weight excluding hydrogens is 276 g/mol. The third-order valence-corrected chi connectivity index (χ3v) is 5.80. The van der Waals surface area contributed by atoms with Crippen LogP contribution in [0.1, 0.15) is 42.9 Å². The minimum atomic E-state index is -0.583. The lowest BCUT2D eigenvalue weighted by atomic mass is 9.80. The Morgan fingerprint density at radius 1 is 0.810 bits per heavy atom. The second kappa shape index (κ2) is 6.67. The Bertz CT molecular complexity index is 546. The smallest absolute Gasteiger partial charge is 0.0810 e. The van der Waals surface area contributed by atoms with E-state index in [0.717, 1.165) is 25.7 Å². The van der Waals surface area contributed by atoms with Crippen molar-refractivity contribution in [2.75, 3.05) is 0 Å². The van der Waals surface area contributed by atoms with Crippen LogP contribution in [-0.4, -0.2) is 10.7 Å². The van der Waals surface area contributed by atoms with Gasteiger partial charge in [0.25, 0.3) is 0 Å². The standard InChI is InChI=1S/C19H22OS/c20-19(14-8-3-9-15-19)18(16-10-4-1-5-11-16)21-17-12-6-2-7-13-17/h1-2,4-7,10-13,18,20H,3,8-9,14-15H2. The van der Waals surface area contributed by atoms with E-state index in [9.17, 15) is 5.11 Å². The Kier molecular flexibility index (Phi) is 4.67. The van der Waals surface area contributed by atoms with Gasteiger partial charge < -0.3 is 5.11 Å². The van der Waals surface area contributed by atoms with E-state index in [4.69, 9.17) is 0 Å². The van der Waals surface area contributed by atoms with Gasteiger partial charge in [-0.25, -0.2) is 0 Å². The van der Waals surface area contributed by atoms with Crippen LogP contribution in [0.3, 0.4) is 0 Å². The second-order valence-electron chi connectivity index (χ2n) is 5.89. The first kappa shape index (κ1) is 14.7. The molecule has 1 aliphatic carbocycles. The van der Waals surface area contributed by atoms with Gasteiger partial charge in [0.05, 0.1) is 10.9 Å². The summed E-state index contributed by atoms with van der Waals surface area (Å²) in [5, 5.41) is 11.3. The van der Waals surface area contributed by atoms with Crippen LogP contribution >= 0.6 is 11.8 Å². The van der Waals surface area contributed by atoms with E-state index < -0.39 is 5.60 Å². The van der Waals surface area contributed by atoms with E-state index in [1.807, 2.05) is 12.1 Å². The minimum absolute atomic E-state index is 0.112. The van der Waals surface area contributed by atoms with Gasteiger partial charge in [-0.05, 0) is 30.5 Å². The molecule has 2 aromatic carbocycles. The fourth-order valence-electron chi connectivity index (χ4n) is 3.18. The summed E-state index contributed by atoms with van der Waals surface area (Å²) in [7, 11) is 0. The third kappa shape index (κ3) is 3.50. The summed E-state index contributed by atoms with van der Waals surface area (Å²) in [6.45, 7) is 0. The average molecular weight is 298 g/mol. The molecule has 0 aliphatic heterocycles. The van der Waals surface area contributed by atoms with E-state index >= 15 is 0 Å². The van der Waals surface area contributed by atoms with Gasteiger partial charge >= 0.3 is 0 Å². The molecule has 1 nitrogen and oxygen atoms in total. The minimum Gasteiger partial charge on any atom is -0.388 e. The zero-order valence-corrected chi connectivity index (χ0v) is 13.1. The van der Waals surface area contributed by atoms with Crippen LogP contribution in [0.15, 0.2) is 65.6 Å². The Labute approximate surface area is 131 Å². The van der Waals surface area contributed by atoms with E-state index in [1.54, 1.807) is 11.8 Å². The molecule has 0 saturated heterocycles. The molecule has 1 unspecified atom stereocenters. The number of thioether (sulfide) groups is 1. The predicted octanol–water partition coefficient (Wildman–Crippen LogP) is 5.22. The van der Waals surface area contributed by atoms with E-state index in [2.05, 4.69) is 48.5 Å². The van der Waals surface area contributed by atoms with E-state index in [-0.39, 0.29) is 5.25 Å². The first-order valence-corrected chi connectivity index (χ1v) is 8.65. The monoisotopic (exact) mass is 298 g/mol. The lowest BCUT2D eigenvalue weighted by Crippen LogP contribution is -2.36. The summed E-state index contributed by atoms with van der Waals surface area (Å²) in [6, 6.07) is 20.9. The van der Waals surface area contributed by atoms with E-state index in [1.165, 1.54) is 16.9 Å². The van der Waals surface area contributed by atoms with Crippen molar-refractivity contribution in [3.63, 3.8) is 0 Å². The molecule has 0 bridgehead atoms. The summed E-state index contributed by atoms with van der Waals surface area (Å²) in [4.78, 5) is 1.23. The normalized spacial score (nSPS) is 19.1. The zero-order valence-electron chi connectivity index (χ0n) is 12.2. The predicted molar refractivity (Wildman–Crippen MR) is 89.5 cm³/mol. The Morgan fingerprint density at radius 2 is 1.38 bits per heavy atom. The highest BCUT2D eigenvalue weighted by atomic mass is 32.2. The zero-order chi connectivity index (χ0) is 14.5. The quantitative estimate of drug-likeness (QED) is 0.781. The summed E-state index contributed by atoms with van der Waals surface area (Å²) >= 11 is 1.80. The van der Waals surface area contributed by atoms with Crippen molar-refractivity contribution in [1.29, 1.82) is 0 Å². The Hall–Kier alpha value is -1.25. The van der Waals surface area contributed by atoms with Gasteiger partial charge in [0.2, 0.25) is 0 Å². The molecule has 0 radical (unpaired) electrons. The molecule has 3 rings (SSSR count). The van der Waals surface area contributed by atoms with Crippen molar-refractivity contribution in [3.8, 4) is 0 Å². The van der Waals surface area contributed by atoms with Gasteiger partial charge in [-0.3, -0.25) is 0 Å². The lowest BCUT2D eigenvalue weighted by Gasteiger charge is -2.39. The van der Waals surface area contributed by atoms with Gasteiger partial charge in [-0.1, -0.05) is 67.8 Å². The van der Waals surface area contributed by atoms with Crippen LogP contribution in [-0.2, 0) is 0 Å². The SMILES string of the molecule is OC1(C(Sc2ccccc2)c2ccccc2)CCCCC1. The molecule has 0 aromatic heterocycles. The number of hydrogen-bond donors (Lipinski definition) is 1. The van der Waals surface area contributed by atoms with Gasteiger partial charge in [0, 0.05) is 4.90 Å². The highest BCUT2D eigenvalue weighted by molar-refractivity contribution is 7.99. The average Bonchev–Trinajstić information content (AvgIpc) is 2.55. The van der Waals surface area contributed by atoms with Crippen molar-refractivity contribution < 1.29 is 5.11 Å². The molecular formula is C19H22OS. The first-order chi connectivity index (χ1) is 10.3. The summed E-state index contributed by atoms with van der Waals surface area (Å²) in [6.07, 6.45) is 5.34. The maximum absolute atomic E-state index is 11.2. The number of rotatable bonds is 4. The molecule has 110 valence electrons. The molecule has 1 fully saturated rings. The molecule has 2 aromatic rings. The van der Waals surface area contributed by atoms with Crippen LogP contribution in [0, 0.1) is 0 Å². The maximum Gasteiger partial charge on any atom is 0.0810 e. The summed E-state index contributed by atoms with van der Waals surface area (Å²) < 4.78 is 0. The second-order valence-corrected chi connectivity index (χ2v) is 7.06. The molecule has 2 heteroatoms.